The third kappa shape index (κ3) is 6.09. The molecule has 80 valence electrons. The first-order valence-electron chi connectivity index (χ1n) is 6.00. The molecule has 1 heterocycles. The topological polar surface area (TPSA) is 3.24 Å². The maximum Gasteiger partial charge on any atom is 0.000992 e. The van der Waals surface area contributed by atoms with Gasteiger partial charge in [0.1, 0.15) is 0 Å². The molecule has 0 saturated carbocycles. The molecular formula is C12H27N. The van der Waals surface area contributed by atoms with Crippen LogP contribution in [0.2, 0.25) is 0 Å². The van der Waals surface area contributed by atoms with Crippen molar-refractivity contribution in [2.45, 2.75) is 53.4 Å². The van der Waals surface area contributed by atoms with Gasteiger partial charge in [0.05, 0.1) is 0 Å². The summed E-state index contributed by atoms with van der Waals surface area (Å²) in [4.78, 5) is 2.54. The van der Waals surface area contributed by atoms with E-state index >= 15 is 0 Å². The minimum atomic E-state index is 1.00. The van der Waals surface area contributed by atoms with Crippen molar-refractivity contribution in [2.75, 3.05) is 19.6 Å². The molecule has 0 amide bonds. The quantitative estimate of drug-likeness (QED) is 0.650. The monoisotopic (exact) mass is 185 g/mol. The molecule has 0 aliphatic carbocycles. The first-order chi connectivity index (χ1) is 6.28. The van der Waals surface area contributed by atoms with E-state index in [1.165, 1.54) is 45.3 Å². The molecule has 1 saturated heterocycles. The molecule has 1 unspecified atom stereocenters. The van der Waals surface area contributed by atoms with Gasteiger partial charge in [0.15, 0.2) is 0 Å². The standard InChI is InChI=1S/C8H17N.C4H10/c1-3-8-5-6-9(4-2)7-8;1-3-4-2/h8H,3-7H2,1-2H3;3-4H2,1-2H3. The Morgan fingerprint density at radius 3 is 1.92 bits per heavy atom. The van der Waals surface area contributed by atoms with Crippen molar-refractivity contribution in [2.24, 2.45) is 5.92 Å². The van der Waals surface area contributed by atoms with E-state index in [9.17, 15) is 0 Å². The molecule has 1 aliphatic rings. The summed E-state index contributed by atoms with van der Waals surface area (Å²) >= 11 is 0. The van der Waals surface area contributed by atoms with Crippen LogP contribution in [0.25, 0.3) is 0 Å². The van der Waals surface area contributed by atoms with E-state index in [1.54, 1.807) is 0 Å². The van der Waals surface area contributed by atoms with Gasteiger partial charge < -0.3 is 4.90 Å². The highest BCUT2D eigenvalue weighted by Gasteiger charge is 2.18. The van der Waals surface area contributed by atoms with E-state index in [0.29, 0.717) is 0 Å². The second-order valence-corrected chi connectivity index (χ2v) is 3.96. The summed E-state index contributed by atoms with van der Waals surface area (Å²) in [5.41, 5.74) is 0. The van der Waals surface area contributed by atoms with Crippen molar-refractivity contribution in [3.05, 3.63) is 0 Å². The summed E-state index contributed by atoms with van der Waals surface area (Å²) in [6, 6.07) is 0. The minimum Gasteiger partial charge on any atom is -0.303 e. The molecule has 0 bridgehead atoms. The summed E-state index contributed by atoms with van der Waals surface area (Å²) in [5, 5.41) is 0. The van der Waals surface area contributed by atoms with Crippen LogP contribution in [0.5, 0.6) is 0 Å². The molecule has 1 aliphatic heterocycles. The van der Waals surface area contributed by atoms with Gasteiger partial charge in [-0.3, -0.25) is 0 Å². The number of nitrogens with zero attached hydrogens (tertiary/aromatic N) is 1. The first kappa shape index (κ1) is 13.0. The smallest absolute Gasteiger partial charge is 0.000992 e. The van der Waals surface area contributed by atoms with Crippen LogP contribution >= 0.6 is 0 Å². The first-order valence-corrected chi connectivity index (χ1v) is 6.00. The highest BCUT2D eigenvalue weighted by atomic mass is 15.1. The Labute approximate surface area is 84.5 Å². The zero-order chi connectivity index (χ0) is 10.1. The van der Waals surface area contributed by atoms with E-state index in [1.807, 2.05) is 0 Å². The summed E-state index contributed by atoms with van der Waals surface area (Å²) in [7, 11) is 0. The van der Waals surface area contributed by atoms with Gasteiger partial charge >= 0.3 is 0 Å². The fourth-order valence-electron chi connectivity index (χ4n) is 1.53. The highest BCUT2D eigenvalue weighted by molar-refractivity contribution is 4.72. The molecule has 0 N–H and O–H groups in total. The van der Waals surface area contributed by atoms with Crippen LogP contribution in [-0.4, -0.2) is 24.5 Å². The van der Waals surface area contributed by atoms with Crippen LogP contribution in [0.3, 0.4) is 0 Å². The Morgan fingerprint density at radius 2 is 1.69 bits per heavy atom. The second kappa shape index (κ2) is 8.55. The summed E-state index contributed by atoms with van der Waals surface area (Å²) in [6.45, 7) is 12.8. The molecule has 1 rings (SSSR count). The Hall–Kier alpha value is -0.0400. The molecule has 1 fully saturated rings. The van der Waals surface area contributed by atoms with Crippen molar-refractivity contribution in [3.8, 4) is 0 Å². The summed E-state index contributed by atoms with van der Waals surface area (Å²) in [6.07, 6.45) is 5.45. The van der Waals surface area contributed by atoms with Crippen LogP contribution in [0.4, 0.5) is 0 Å². The summed E-state index contributed by atoms with van der Waals surface area (Å²) in [5.74, 6) is 1.00. The third-order valence-corrected chi connectivity index (χ3v) is 2.89. The number of hydrogen-bond donors (Lipinski definition) is 0. The fraction of sp³-hybridized carbons (Fsp3) is 1.00. The second-order valence-electron chi connectivity index (χ2n) is 3.96. The van der Waals surface area contributed by atoms with Gasteiger partial charge in [0.25, 0.3) is 0 Å². The van der Waals surface area contributed by atoms with Crippen LogP contribution in [-0.2, 0) is 0 Å². The van der Waals surface area contributed by atoms with Gasteiger partial charge in [-0.25, -0.2) is 0 Å². The number of hydrogen-bond acceptors (Lipinski definition) is 1. The van der Waals surface area contributed by atoms with Crippen molar-refractivity contribution < 1.29 is 0 Å². The van der Waals surface area contributed by atoms with E-state index in [-0.39, 0.29) is 0 Å². The minimum absolute atomic E-state index is 1.00. The molecule has 0 radical (unpaired) electrons. The average molecular weight is 185 g/mol. The maximum absolute atomic E-state index is 2.54. The lowest BCUT2D eigenvalue weighted by atomic mass is 10.1. The van der Waals surface area contributed by atoms with Gasteiger partial charge in [0.2, 0.25) is 0 Å². The van der Waals surface area contributed by atoms with Crippen LogP contribution < -0.4 is 0 Å². The lowest BCUT2D eigenvalue weighted by Gasteiger charge is -2.11. The van der Waals surface area contributed by atoms with Crippen molar-refractivity contribution in [1.29, 1.82) is 0 Å². The van der Waals surface area contributed by atoms with Gasteiger partial charge in [-0.15, -0.1) is 0 Å². The van der Waals surface area contributed by atoms with Gasteiger partial charge in [-0.1, -0.05) is 47.0 Å². The van der Waals surface area contributed by atoms with Crippen molar-refractivity contribution in [3.63, 3.8) is 0 Å². The van der Waals surface area contributed by atoms with Gasteiger partial charge in [-0.05, 0) is 25.4 Å². The van der Waals surface area contributed by atoms with Crippen molar-refractivity contribution >= 4 is 0 Å². The molecule has 1 nitrogen and oxygen atoms in total. The van der Waals surface area contributed by atoms with Crippen molar-refractivity contribution in [1.82, 2.24) is 4.90 Å². The molecule has 0 aromatic heterocycles. The lowest BCUT2D eigenvalue weighted by Crippen LogP contribution is -2.19. The maximum atomic E-state index is 2.54. The SMILES string of the molecule is CCC1CCN(CC)C1.CCCC. The normalized spacial score (nSPS) is 22.6. The Kier molecular flexibility index (Phi) is 8.53. The fourth-order valence-corrected chi connectivity index (χ4v) is 1.53. The Morgan fingerprint density at radius 1 is 1.08 bits per heavy atom. The molecule has 0 aromatic carbocycles. The van der Waals surface area contributed by atoms with E-state index in [2.05, 4.69) is 32.6 Å². The molecule has 1 heteroatoms. The predicted molar refractivity (Wildman–Crippen MR) is 61.1 cm³/mol. The molecule has 1 atom stereocenters. The Balaban J connectivity index is 0.000000310. The molecule has 0 spiro atoms. The number of unbranched alkanes of at least 4 members (excludes halogenated alkanes) is 1. The summed E-state index contributed by atoms with van der Waals surface area (Å²) < 4.78 is 0. The number of rotatable bonds is 3. The predicted octanol–water partition coefficient (Wildman–Crippen LogP) is 3.54. The Bertz CT molecular complexity index is 89.3. The molecule has 13 heavy (non-hydrogen) atoms. The average Bonchev–Trinajstić information content (AvgIpc) is 2.66. The lowest BCUT2D eigenvalue weighted by molar-refractivity contribution is 0.340. The van der Waals surface area contributed by atoms with Crippen LogP contribution in [0.15, 0.2) is 0 Å². The third-order valence-electron chi connectivity index (χ3n) is 2.89. The van der Waals surface area contributed by atoms with Gasteiger partial charge in [0, 0.05) is 6.54 Å². The zero-order valence-electron chi connectivity index (χ0n) is 9.97. The van der Waals surface area contributed by atoms with Gasteiger partial charge in [-0.2, -0.15) is 0 Å². The van der Waals surface area contributed by atoms with Crippen LogP contribution in [0.1, 0.15) is 53.4 Å². The van der Waals surface area contributed by atoms with E-state index in [0.717, 1.165) is 5.92 Å². The largest absolute Gasteiger partial charge is 0.303 e. The molecule has 0 aromatic rings. The zero-order valence-corrected chi connectivity index (χ0v) is 9.97. The number of likely N-dealkylation sites (tertiary alicyclic amines) is 1. The molecular weight excluding hydrogens is 158 g/mol. The van der Waals surface area contributed by atoms with Crippen LogP contribution in [0, 0.1) is 5.92 Å². The van der Waals surface area contributed by atoms with E-state index < -0.39 is 0 Å². The van der Waals surface area contributed by atoms with E-state index in [4.69, 9.17) is 0 Å². The highest BCUT2D eigenvalue weighted by Crippen LogP contribution is 2.17.